The SMILES string of the molecule is Cc1ncsc1-c1ccc(CNC(=O)[C@H]2C[C@H](O)CN2C(=O)[C@H](NC(=O)CCOCCOCCOCCOCCC(=O)N2CCC(c3nc4ccc(-c5cc(C)c(=O)n(C)c5)cc4n3CCOC(F)(F)F)CC2)C(C)(C)C)cc1. The van der Waals surface area contributed by atoms with E-state index >= 15 is 0 Å². The molecule has 0 saturated carbocycles. The second-order valence-electron chi connectivity index (χ2n) is 21.0. The number of β-amino-alcohol motifs (C(OH)–C–C–N with tert-alkyl or cyclic N) is 1. The van der Waals surface area contributed by atoms with Crippen LogP contribution in [0.5, 0.6) is 0 Å². The molecule has 2 saturated heterocycles. The minimum Gasteiger partial charge on any atom is -0.391 e. The van der Waals surface area contributed by atoms with Gasteiger partial charge in [0.25, 0.3) is 5.56 Å². The number of aliphatic hydroxyl groups is 1. The lowest BCUT2D eigenvalue weighted by molar-refractivity contribution is -0.325. The molecule has 0 aliphatic carbocycles. The van der Waals surface area contributed by atoms with Crippen molar-refractivity contribution in [2.75, 3.05) is 79.1 Å². The molecule has 0 spiro atoms. The molecule has 19 nitrogen and oxygen atoms in total. The molecule has 2 fully saturated rings. The number of thiazole rings is 1. The molecule has 0 bridgehead atoms. The fourth-order valence-corrected chi connectivity index (χ4v) is 10.6. The van der Waals surface area contributed by atoms with Gasteiger partial charge in [-0.05, 0) is 72.6 Å². The number of imidazole rings is 1. The number of aryl methyl sites for hydroxylation is 3. The van der Waals surface area contributed by atoms with Crippen molar-refractivity contribution in [2.45, 2.75) is 110 Å². The van der Waals surface area contributed by atoms with E-state index < -0.39 is 48.4 Å². The standard InChI is InChI=1S/C56H73F3N8O11S/c1-36-29-42(33-64(6)53(36)72)41-11-12-44-45(30-41)66(19-22-78-56(57,58)59)51(62-44)40-13-17-65(18-14-40)48(70)16-21-75-24-26-77-28-27-76-25-23-74-20-15-47(69)63-50(55(3,4)5)54(73)67-34-43(68)31-46(67)52(71)60-32-38-7-9-39(10-8-38)49-37(2)61-35-79-49/h7-12,29-30,33,35,40,43,46,50,68H,13-28,31-32,34H2,1-6H3,(H,60,71)(H,63,69)/t43-,46+,50-/m0/s1. The van der Waals surface area contributed by atoms with Crippen molar-refractivity contribution < 1.29 is 61.1 Å². The molecule has 7 rings (SSSR count). The number of rotatable bonds is 26. The monoisotopic (exact) mass is 1120 g/mol. The van der Waals surface area contributed by atoms with Crippen LogP contribution < -0.4 is 16.2 Å². The van der Waals surface area contributed by atoms with E-state index in [0.717, 1.165) is 32.8 Å². The van der Waals surface area contributed by atoms with E-state index in [1.165, 1.54) is 9.47 Å². The van der Waals surface area contributed by atoms with Gasteiger partial charge in [-0.3, -0.25) is 28.7 Å². The number of alkyl halides is 3. The van der Waals surface area contributed by atoms with E-state index in [9.17, 15) is 42.3 Å². The van der Waals surface area contributed by atoms with Gasteiger partial charge in [-0.15, -0.1) is 24.5 Å². The lowest BCUT2D eigenvalue weighted by Crippen LogP contribution is -2.57. The van der Waals surface area contributed by atoms with Crippen molar-refractivity contribution in [1.29, 1.82) is 0 Å². The number of likely N-dealkylation sites (tertiary alicyclic amines) is 2. The number of hydrogen-bond acceptors (Lipinski definition) is 14. The fourth-order valence-electron chi connectivity index (χ4n) is 9.80. The minimum absolute atomic E-state index is 0.00868. The third kappa shape index (κ3) is 17.0. The predicted molar refractivity (Wildman–Crippen MR) is 290 cm³/mol. The van der Waals surface area contributed by atoms with E-state index in [-0.39, 0.29) is 95.2 Å². The molecule has 3 N–H and O–H groups in total. The maximum atomic E-state index is 14.0. The zero-order chi connectivity index (χ0) is 56.9. The summed E-state index contributed by atoms with van der Waals surface area (Å²) >= 11 is 1.56. The summed E-state index contributed by atoms with van der Waals surface area (Å²) in [4.78, 5) is 79.3. The molecule has 2 aliphatic heterocycles. The summed E-state index contributed by atoms with van der Waals surface area (Å²) in [6, 6.07) is 13.3. The lowest BCUT2D eigenvalue weighted by atomic mass is 9.85. The van der Waals surface area contributed by atoms with Crippen molar-refractivity contribution in [1.82, 2.24) is 39.5 Å². The molecule has 2 aliphatic rings. The maximum Gasteiger partial charge on any atom is 0.522 e. The second-order valence-corrected chi connectivity index (χ2v) is 21.9. The average molecular weight is 1120 g/mol. The largest absolute Gasteiger partial charge is 0.522 e. The number of aliphatic hydroxyl groups excluding tert-OH is 1. The van der Waals surface area contributed by atoms with Crippen LogP contribution in [0.1, 0.15) is 81.4 Å². The van der Waals surface area contributed by atoms with E-state index in [1.807, 2.05) is 70.2 Å². The number of piperidine rings is 1. The van der Waals surface area contributed by atoms with Crippen molar-refractivity contribution in [3.05, 3.63) is 93.2 Å². The molecule has 0 radical (unpaired) electrons. The third-order valence-electron chi connectivity index (χ3n) is 14.0. The number of nitrogens with one attached hydrogen (secondary N) is 2. The van der Waals surface area contributed by atoms with Crippen LogP contribution >= 0.6 is 11.3 Å². The van der Waals surface area contributed by atoms with Crippen LogP contribution in [-0.2, 0) is 63.0 Å². The molecule has 23 heteroatoms. The number of carbonyl (C=O) groups excluding carboxylic acids is 4. The Bertz CT molecular complexity index is 2890. The average Bonchev–Trinajstić information content (AvgIpc) is 4.20. The summed E-state index contributed by atoms with van der Waals surface area (Å²) in [5.74, 6) is -0.741. The third-order valence-corrected chi connectivity index (χ3v) is 15.0. The number of aromatic nitrogens is 4. The van der Waals surface area contributed by atoms with Gasteiger partial charge in [-0.1, -0.05) is 51.1 Å². The molecule has 5 heterocycles. The molecular formula is C56H73F3N8O11S. The molecule has 3 atom stereocenters. The number of hydrogen-bond donors (Lipinski definition) is 3. The van der Waals surface area contributed by atoms with Crippen LogP contribution in [0.2, 0.25) is 0 Å². The number of pyridine rings is 1. The first-order chi connectivity index (χ1) is 37.7. The predicted octanol–water partition coefficient (Wildman–Crippen LogP) is 6.04. The van der Waals surface area contributed by atoms with Crippen molar-refractivity contribution in [2.24, 2.45) is 12.5 Å². The molecular weight excluding hydrogens is 1050 g/mol. The Kier molecular flexibility index (Phi) is 21.4. The minimum atomic E-state index is -4.78. The zero-order valence-electron chi connectivity index (χ0n) is 45.8. The maximum absolute atomic E-state index is 14.0. The van der Waals surface area contributed by atoms with Gasteiger partial charge in [-0.2, -0.15) is 0 Å². The number of benzene rings is 2. The van der Waals surface area contributed by atoms with Gasteiger partial charge in [0.15, 0.2) is 0 Å². The topological polar surface area (TPSA) is 218 Å². The summed E-state index contributed by atoms with van der Waals surface area (Å²) in [5, 5.41) is 16.3. The Balaban J connectivity index is 0.737. The van der Waals surface area contributed by atoms with E-state index in [1.54, 1.807) is 52.5 Å². The van der Waals surface area contributed by atoms with Crippen LogP contribution in [0, 0.1) is 19.3 Å². The number of carbonyl (C=O) groups is 4. The van der Waals surface area contributed by atoms with Crippen molar-refractivity contribution in [3.63, 3.8) is 0 Å². The van der Waals surface area contributed by atoms with E-state index in [2.05, 4.69) is 20.4 Å². The van der Waals surface area contributed by atoms with Crippen molar-refractivity contribution >= 4 is 46.0 Å². The Morgan fingerprint density at radius 2 is 1.47 bits per heavy atom. The Hall–Kier alpha value is -6.08. The summed E-state index contributed by atoms with van der Waals surface area (Å²) in [7, 11) is 1.67. The summed E-state index contributed by atoms with van der Waals surface area (Å²) in [5.41, 5.74) is 7.28. The number of fused-ring (bicyclic) bond motifs is 1. The van der Waals surface area contributed by atoms with Gasteiger partial charge in [0.2, 0.25) is 23.6 Å². The summed E-state index contributed by atoms with van der Waals surface area (Å²) in [6.45, 7) is 11.6. The van der Waals surface area contributed by atoms with Crippen LogP contribution in [0.15, 0.2) is 65.0 Å². The van der Waals surface area contributed by atoms with Gasteiger partial charge in [0.1, 0.15) is 17.9 Å². The fraction of sp³-hybridized carbons (Fsp3) is 0.554. The number of halogens is 3. The first kappa shape index (κ1) is 60.6. The van der Waals surface area contributed by atoms with Crippen LogP contribution in [0.3, 0.4) is 0 Å². The van der Waals surface area contributed by atoms with Crippen molar-refractivity contribution in [3.8, 4) is 21.6 Å². The van der Waals surface area contributed by atoms with E-state index in [0.29, 0.717) is 68.2 Å². The van der Waals surface area contributed by atoms with E-state index in [4.69, 9.17) is 23.9 Å². The van der Waals surface area contributed by atoms with Gasteiger partial charge in [0.05, 0.1) is 99.1 Å². The molecule has 0 unspecified atom stereocenters. The van der Waals surface area contributed by atoms with Gasteiger partial charge < -0.3 is 53.6 Å². The number of amides is 4. The highest BCUT2D eigenvalue weighted by molar-refractivity contribution is 7.13. The summed E-state index contributed by atoms with van der Waals surface area (Å²) < 4.78 is 68.9. The molecule has 5 aromatic rings. The molecule has 2 aromatic carbocycles. The Morgan fingerprint density at radius 1 is 0.835 bits per heavy atom. The molecule has 430 valence electrons. The molecule has 79 heavy (non-hydrogen) atoms. The Labute approximate surface area is 461 Å². The van der Waals surface area contributed by atoms with Gasteiger partial charge in [-0.25, -0.2) is 9.97 Å². The highest BCUT2D eigenvalue weighted by Gasteiger charge is 2.44. The zero-order valence-corrected chi connectivity index (χ0v) is 46.6. The smallest absolute Gasteiger partial charge is 0.391 e. The van der Waals surface area contributed by atoms with Gasteiger partial charge in [0, 0.05) is 70.3 Å². The Morgan fingerprint density at radius 3 is 2.08 bits per heavy atom. The normalized spacial score (nSPS) is 16.7. The molecule has 4 amide bonds. The highest BCUT2D eigenvalue weighted by atomic mass is 32.1. The quantitative estimate of drug-likeness (QED) is 0.0539. The number of nitrogens with zero attached hydrogens (tertiary/aromatic N) is 6. The first-order valence-corrected chi connectivity index (χ1v) is 27.6. The second kappa shape index (κ2) is 27.9. The molecule has 3 aromatic heterocycles. The van der Waals surface area contributed by atoms with Gasteiger partial charge >= 0.3 is 6.36 Å². The summed E-state index contributed by atoms with van der Waals surface area (Å²) in [6.07, 6.45) is -2.53. The lowest BCUT2D eigenvalue weighted by Gasteiger charge is -2.35. The number of ether oxygens (including phenoxy) is 5. The van der Waals surface area contributed by atoms with Crippen LogP contribution in [0.25, 0.3) is 32.6 Å². The van der Waals surface area contributed by atoms with Crippen LogP contribution in [-0.4, -0.2) is 161 Å². The van der Waals surface area contributed by atoms with Crippen LogP contribution in [0.4, 0.5) is 13.2 Å². The highest BCUT2D eigenvalue weighted by Crippen LogP contribution is 2.34. The first-order valence-electron chi connectivity index (χ1n) is 26.7.